The highest BCUT2D eigenvalue weighted by Crippen LogP contribution is 2.18. The maximum absolute atomic E-state index is 3.38. The van der Waals surface area contributed by atoms with E-state index in [2.05, 4.69) is 42.8 Å². The lowest BCUT2D eigenvalue weighted by molar-refractivity contribution is 0.581. The van der Waals surface area contributed by atoms with Crippen LogP contribution in [0.2, 0.25) is 0 Å². The molecule has 1 aromatic rings. The van der Waals surface area contributed by atoms with Crippen molar-refractivity contribution in [1.82, 2.24) is 5.32 Å². The van der Waals surface area contributed by atoms with Crippen LogP contribution in [-0.4, -0.2) is 19.1 Å². The van der Waals surface area contributed by atoms with Gasteiger partial charge in [-0.3, -0.25) is 0 Å². The zero-order chi connectivity index (χ0) is 11.1. The Balaban J connectivity index is 2.65. The van der Waals surface area contributed by atoms with E-state index in [1.807, 2.05) is 18.8 Å². The van der Waals surface area contributed by atoms with Crippen molar-refractivity contribution in [1.29, 1.82) is 0 Å². The first kappa shape index (κ1) is 12.6. The molecule has 1 unspecified atom stereocenters. The minimum atomic E-state index is 0.503. The van der Waals surface area contributed by atoms with Crippen LogP contribution in [0, 0.1) is 0 Å². The minimum Gasteiger partial charge on any atom is -0.313 e. The van der Waals surface area contributed by atoms with Gasteiger partial charge in [-0.2, -0.15) is 11.8 Å². The van der Waals surface area contributed by atoms with Crippen LogP contribution in [0.4, 0.5) is 0 Å². The number of hydrogen-bond acceptors (Lipinski definition) is 2. The summed E-state index contributed by atoms with van der Waals surface area (Å²) in [5.74, 6) is 1.21. The molecule has 15 heavy (non-hydrogen) atoms. The monoisotopic (exact) mass is 223 g/mol. The third-order valence-corrected chi connectivity index (χ3v) is 3.39. The van der Waals surface area contributed by atoms with Gasteiger partial charge in [0.2, 0.25) is 0 Å². The van der Waals surface area contributed by atoms with Crippen molar-refractivity contribution < 1.29 is 0 Å². The molecule has 1 nitrogen and oxygen atoms in total. The van der Waals surface area contributed by atoms with E-state index < -0.39 is 0 Å². The zero-order valence-electron chi connectivity index (χ0n) is 9.92. The summed E-state index contributed by atoms with van der Waals surface area (Å²) in [5, 5.41) is 3.38. The van der Waals surface area contributed by atoms with Crippen LogP contribution in [0.25, 0.3) is 0 Å². The van der Waals surface area contributed by atoms with Gasteiger partial charge in [0.1, 0.15) is 0 Å². The molecule has 0 bridgehead atoms. The first-order valence-electron chi connectivity index (χ1n) is 5.56. The number of hydrogen-bond donors (Lipinski definition) is 1. The smallest absolute Gasteiger partial charge is 0.0325 e. The second kappa shape index (κ2) is 6.91. The highest BCUT2D eigenvalue weighted by molar-refractivity contribution is 7.98. The van der Waals surface area contributed by atoms with Crippen LogP contribution >= 0.6 is 11.8 Å². The highest BCUT2D eigenvalue weighted by atomic mass is 32.2. The number of nitrogens with one attached hydrogen (secondary N) is 1. The molecule has 0 saturated carbocycles. The van der Waals surface area contributed by atoms with Crippen LogP contribution in [0.5, 0.6) is 0 Å². The third kappa shape index (κ3) is 3.88. The van der Waals surface area contributed by atoms with Gasteiger partial charge in [-0.1, -0.05) is 31.2 Å². The lowest BCUT2D eigenvalue weighted by Gasteiger charge is -2.16. The summed E-state index contributed by atoms with van der Waals surface area (Å²) < 4.78 is 0. The van der Waals surface area contributed by atoms with Crippen molar-refractivity contribution in [2.24, 2.45) is 0 Å². The van der Waals surface area contributed by atoms with Gasteiger partial charge in [-0.05, 0) is 43.0 Å². The average Bonchev–Trinajstić information content (AvgIpc) is 2.31. The summed E-state index contributed by atoms with van der Waals surface area (Å²) in [6.45, 7) is 2.19. The minimum absolute atomic E-state index is 0.503. The maximum Gasteiger partial charge on any atom is 0.0325 e. The van der Waals surface area contributed by atoms with E-state index >= 15 is 0 Å². The molecule has 0 radical (unpaired) electrons. The maximum atomic E-state index is 3.38. The van der Waals surface area contributed by atoms with Gasteiger partial charge in [-0.15, -0.1) is 0 Å². The fourth-order valence-corrected chi connectivity index (χ4v) is 2.17. The Hall–Kier alpha value is -0.470. The van der Waals surface area contributed by atoms with E-state index in [1.54, 1.807) is 0 Å². The molecule has 0 amide bonds. The van der Waals surface area contributed by atoms with E-state index in [1.165, 1.54) is 23.3 Å². The number of benzene rings is 1. The van der Waals surface area contributed by atoms with Crippen molar-refractivity contribution in [3.8, 4) is 0 Å². The summed E-state index contributed by atoms with van der Waals surface area (Å²) in [5.41, 5.74) is 2.82. The molecule has 1 N–H and O–H groups in total. The van der Waals surface area contributed by atoms with Gasteiger partial charge < -0.3 is 5.32 Å². The van der Waals surface area contributed by atoms with Crippen LogP contribution in [0.3, 0.4) is 0 Å². The molecule has 0 aromatic heterocycles. The van der Waals surface area contributed by atoms with E-state index in [9.17, 15) is 0 Å². The van der Waals surface area contributed by atoms with E-state index in [4.69, 9.17) is 0 Å². The average molecular weight is 223 g/mol. The SMILES string of the molecule is CCc1ccc(C(CCSC)NC)cc1. The number of aryl methyl sites for hydroxylation is 1. The molecule has 1 atom stereocenters. The Kier molecular flexibility index (Phi) is 5.81. The van der Waals surface area contributed by atoms with Gasteiger partial charge >= 0.3 is 0 Å². The molecule has 0 aliphatic carbocycles. The standard InChI is InChI=1S/C13H21NS/c1-4-11-5-7-12(8-6-11)13(14-2)9-10-15-3/h5-8,13-14H,4,9-10H2,1-3H3. The van der Waals surface area contributed by atoms with Gasteiger partial charge in [0.05, 0.1) is 0 Å². The largest absolute Gasteiger partial charge is 0.313 e. The Morgan fingerprint density at radius 2 is 1.93 bits per heavy atom. The van der Waals surface area contributed by atoms with Crippen LogP contribution in [-0.2, 0) is 6.42 Å². The summed E-state index contributed by atoms with van der Waals surface area (Å²) in [6.07, 6.45) is 4.48. The fraction of sp³-hybridized carbons (Fsp3) is 0.538. The second-order valence-corrected chi connectivity index (χ2v) is 4.70. The molecule has 84 valence electrons. The summed E-state index contributed by atoms with van der Waals surface area (Å²) in [7, 11) is 2.04. The van der Waals surface area contributed by atoms with Crippen molar-refractivity contribution in [2.75, 3.05) is 19.1 Å². The molecule has 0 saturated heterocycles. The van der Waals surface area contributed by atoms with Crippen molar-refractivity contribution in [3.05, 3.63) is 35.4 Å². The van der Waals surface area contributed by atoms with Gasteiger partial charge in [0.15, 0.2) is 0 Å². The summed E-state index contributed by atoms with van der Waals surface area (Å²) in [4.78, 5) is 0. The predicted molar refractivity (Wildman–Crippen MR) is 70.6 cm³/mol. The normalized spacial score (nSPS) is 12.7. The molecule has 1 aromatic carbocycles. The predicted octanol–water partition coefficient (Wildman–Crippen LogP) is 3.26. The second-order valence-electron chi connectivity index (χ2n) is 3.72. The first-order chi connectivity index (χ1) is 7.31. The van der Waals surface area contributed by atoms with Crippen molar-refractivity contribution >= 4 is 11.8 Å². The van der Waals surface area contributed by atoms with Crippen molar-refractivity contribution in [3.63, 3.8) is 0 Å². The Bertz CT molecular complexity index is 268. The van der Waals surface area contributed by atoms with Crippen LogP contribution in [0.1, 0.15) is 30.5 Å². The quantitative estimate of drug-likeness (QED) is 0.794. The van der Waals surface area contributed by atoms with E-state index in [0.29, 0.717) is 6.04 Å². The molecule has 2 heteroatoms. The van der Waals surface area contributed by atoms with Gasteiger partial charge in [0, 0.05) is 6.04 Å². The Morgan fingerprint density at radius 1 is 1.27 bits per heavy atom. The molecular weight excluding hydrogens is 202 g/mol. The number of rotatable bonds is 6. The Labute approximate surface area is 97.7 Å². The van der Waals surface area contributed by atoms with Crippen LogP contribution in [0.15, 0.2) is 24.3 Å². The third-order valence-electron chi connectivity index (χ3n) is 2.75. The lowest BCUT2D eigenvalue weighted by atomic mass is 10.0. The lowest BCUT2D eigenvalue weighted by Crippen LogP contribution is -2.17. The highest BCUT2D eigenvalue weighted by Gasteiger charge is 2.07. The van der Waals surface area contributed by atoms with Gasteiger partial charge in [0.25, 0.3) is 0 Å². The first-order valence-corrected chi connectivity index (χ1v) is 6.96. The summed E-state index contributed by atoms with van der Waals surface area (Å²) >= 11 is 1.91. The Morgan fingerprint density at radius 3 is 2.40 bits per heavy atom. The number of thioether (sulfide) groups is 1. The summed E-state index contributed by atoms with van der Waals surface area (Å²) in [6, 6.07) is 9.47. The molecule has 0 aliphatic rings. The van der Waals surface area contributed by atoms with Gasteiger partial charge in [-0.25, -0.2) is 0 Å². The molecule has 0 heterocycles. The molecule has 0 fully saturated rings. The zero-order valence-corrected chi connectivity index (χ0v) is 10.7. The van der Waals surface area contributed by atoms with Crippen LogP contribution < -0.4 is 5.32 Å². The molecule has 0 spiro atoms. The molecule has 0 aliphatic heterocycles. The van der Waals surface area contributed by atoms with Crippen molar-refractivity contribution in [2.45, 2.75) is 25.8 Å². The molecule has 1 rings (SSSR count). The fourth-order valence-electron chi connectivity index (χ4n) is 1.70. The van der Waals surface area contributed by atoms with E-state index in [0.717, 1.165) is 6.42 Å². The molecular formula is C13H21NS. The topological polar surface area (TPSA) is 12.0 Å². The van der Waals surface area contributed by atoms with E-state index in [-0.39, 0.29) is 0 Å².